The van der Waals surface area contributed by atoms with E-state index in [0.717, 1.165) is 22.5 Å². The van der Waals surface area contributed by atoms with Gasteiger partial charge >= 0.3 is 0 Å². The molecule has 0 aromatic heterocycles. The summed E-state index contributed by atoms with van der Waals surface area (Å²) < 4.78 is 11.6. The third kappa shape index (κ3) is 2.69. The molecule has 0 saturated carbocycles. The smallest absolute Gasteiger partial charge is 0.248 e. The molecule has 0 bridgehead atoms. The number of para-hydroxylation sites is 3. The molecule has 0 radical (unpaired) electrons. The molecule has 0 aliphatic carbocycles. The number of benzene rings is 3. The van der Waals surface area contributed by atoms with Gasteiger partial charge in [0.1, 0.15) is 5.69 Å². The number of amides is 1. The lowest BCUT2D eigenvalue weighted by Crippen LogP contribution is -2.11. The lowest BCUT2D eigenvalue weighted by Gasteiger charge is -2.13. The van der Waals surface area contributed by atoms with Crippen LogP contribution < -0.4 is 15.2 Å². The number of carbonyl (C=O) groups is 1. The maximum Gasteiger partial charge on any atom is 0.248 e. The molecule has 1 heterocycles. The fraction of sp³-hybridized carbons (Fsp3) is 0.0476. The molecule has 0 saturated heterocycles. The lowest BCUT2D eigenvalue weighted by atomic mass is 9.99. The Balaban J connectivity index is 1.95. The fourth-order valence-electron chi connectivity index (χ4n) is 2.91. The highest BCUT2D eigenvalue weighted by molar-refractivity contribution is 6.16. The van der Waals surface area contributed by atoms with Gasteiger partial charge in [-0.3, -0.25) is 4.79 Å². The number of nitrogens with two attached hydrogens (primary N) is 1. The summed E-state index contributed by atoms with van der Waals surface area (Å²) >= 11 is 0. The first kappa shape index (κ1) is 15.9. The number of carbonyl (C=O) groups excluding carboxylic acids is 1. The zero-order chi connectivity index (χ0) is 18.1. The van der Waals surface area contributed by atoms with Crippen molar-refractivity contribution >= 4 is 17.3 Å². The Bertz CT molecular complexity index is 1020. The Morgan fingerprint density at radius 2 is 1.77 bits per heavy atom. The highest BCUT2D eigenvalue weighted by Gasteiger charge is 2.22. The second-order valence-corrected chi connectivity index (χ2v) is 5.81. The quantitative estimate of drug-likeness (QED) is 0.609. The molecule has 0 fully saturated rings. The van der Waals surface area contributed by atoms with E-state index in [1.165, 1.54) is 0 Å². The molecular formula is C21H16N2O3. The van der Waals surface area contributed by atoms with E-state index in [2.05, 4.69) is 0 Å². The third-order valence-electron chi connectivity index (χ3n) is 4.21. The molecular weight excluding hydrogens is 328 g/mol. The summed E-state index contributed by atoms with van der Waals surface area (Å²) in [6.45, 7) is 0. The van der Waals surface area contributed by atoms with Gasteiger partial charge in [-0.25, -0.2) is 4.99 Å². The van der Waals surface area contributed by atoms with Crippen LogP contribution >= 0.6 is 0 Å². The lowest BCUT2D eigenvalue weighted by molar-refractivity contribution is 0.100. The summed E-state index contributed by atoms with van der Waals surface area (Å²) in [7, 11) is 1.61. The predicted octanol–water partition coefficient (Wildman–Crippen LogP) is 4.07. The Kier molecular flexibility index (Phi) is 3.89. The first-order chi connectivity index (χ1) is 12.7. The molecule has 3 aromatic carbocycles. The molecule has 1 amide bonds. The van der Waals surface area contributed by atoms with Gasteiger partial charge in [0.2, 0.25) is 5.91 Å². The number of hydrogen-bond donors (Lipinski definition) is 1. The summed E-state index contributed by atoms with van der Waals surface area (Å²) in [6, 6.07) is 20.3. The molecule has 26 heavy (non-hydrogen) atoms. The molecule has 1 aliphatic rings. The van der Waals surface area contributed by atoms with Gasteiger partial charge in [0.05, 0.1) is 12.8 Å². The number of primary amides is 1. The van der Waals surface area contributed by atoms with E-state index in [1.54, 1.807) is 19.2 Å². The van der Waals surface area contributed by atoms with Crippen molar-refractivity contribution in [2.45, 2.75) is 0 Å². The molecule has 3 aromatic rings. The van der Waals surface area contributed by atoms with Gasteiger partial charge in [-0.1, -0.05) is 30.3 Å². The SMILES string of the molecule is COc1cccc2c1Oc1ccccc1N=C2c1ccc(C(N)=O)cc1. The summed E-state index contributed by atoms with van der Waals surface area (Å²) in [5.74, 6) is 1.43. The average Bonchev–Trinajstić information content (AvgIpc) is 2.84. The highest BCUT2D eigenvalue weighted by atomic mass is 16.5. The number of nitrogens with zero attached hydrogens (tertiary/aromatic N) is 1. The van der Waals surface area contributed by atoms with Crippen LogP contribution in [0, 0.1) is 0 Å². The van der Waals surface area contributed by atoms with Crippen LogP contribution in [0.1, 0.15) is 21.5 Å². The zero-order valence-electron chi connectivity index (χ0n) is 14.1. The van der Waals surface area contributed by atoms with E-state index in [9.17, 15) is 4.79 Å². The molecule has 0 atom stereocenters. The van der Waals surface area contributed by atoms with Gasteiger partial charge in [-0.05, 0) is 36.4 Å². The molecule has 5 heteroatoms. The maximum absolute atomic E-state index is 11.3. The first-order valence-electron chi connectivity index (χ1n) is 8.10. The first-order valence-corrected chi connectivity index (χ1v) is 8.10. The van der Waals surface area contributed by atoms with Crippen LogP contribution in [0.5, 0.6) is 17.2 Å². The third-order valence-corrected chi connectivity index (χ3v) is 4.21. The van der Waals surface area contributed by atoms with Crippen molar-refractivity contribution in [3.05, 3.63) is 83.4 Å². The van der Waals surface area contributed by atoms with Crippen LogP contribution in [0.25, 0.3) is 0 Å². The van der Waals surface area contributed by atoms with Crippen molar-refractivity contribution in [3.8, 4) is 17.2 Å². The number of methoxy groups -OCH3 is 1. The second kappa shape index (κ2) is 6.37. The second-order valence-electron chi connectivity index (χ2n) is 5.81. The molecule has 2 N–H and O–H groups in total. The van der Waals surface area contributed by atoms with Gasteiger partial charge in [-0.2, -0.15) is 0 Å². The fourth-order valence-corrected chi connectivity index (χ4v) is 2.91. The van der Waals surface area contributed by atoms with E-state index < -0.39 is 5.91 Å². The summed E-state index contributed by atoms with van der Waals surface area (Å²) in [4.78, 5) is 16.2. The monoisotopic (exact) mass is 344 g/mol. The van der Waals surface area contributed by atoms with Gasteiger partial charge in [0.25, 0.3) is 0 Å². The van der Waals surface area contributed by atoms with E-state index in [-0.39, 0.29) is 0 Å². The largest absolute Gasteiger partial charge is 0.493 e. The van der Waals surface area contributed by atoms with Crippen molar-refractivity contribution in [2.24, 2.45) is 10.7 Å². The van der Waals surface area contributed by atoms with Crippen LogP contribution in [-0.2, 0) is 0 Å². The van der Waals surface area contributed by atoms with Crippen molar-refractivity contribution in [2.75, 3.05) is 7.11 Å². The minimum atomic E-state index is -0.463. The molecule has 1 aliphatic heterocycles. The average molecular weight is 344 g/mol. The van der Waals surface area contributed by atoms with Crippen LogP contribution in [0.15, 0.2) is 71.7 Å². The van der Waals surface area contributed by atoms with Gasteiger partial charge in [-0.15, -0.1) is 0 Å². The van der Waals surface area contributed by atoms with Gasteiger partial charge in [0.15, 0.2) is 17.2 Å². The van der Waals surface area contributed by atoms with Crippen LogP contribution in [0.3, 0.4) is 0 Å². The van der Waals surface area contributed by atoms with Crippen molar-refractivity contribution in [3.63, 3.8) is 0 Å². The zero-order valence-corrected chi connectivity index (χ0v) is 14.1. The number of hydrogen-bond acceptors (Lipinski definition) is 4. The topological polar surface area (TPSA) is 73.9 Å². The van der Waals surface area contributed by atoms with Crippen LogP contribution in [0.4, 0.5) is 5.69 Å². The maximum atomic E-state index is 11.3. The molecule has 0 unspecified atom stereocenters. The summed E-state index contributed by atoms with van der Waals surface area (Å²) in [6.07, 6.45) is 0. The number of aliphatic imine (C=N–C) groups is 1. The highest BCUT2D eigenvalue weighted by Crippen LogP contribution is 2.43. The van der Waals surface area contributed by atoms with Crippen molar-refractivity contribution in [1.29, 1.82) is 0 Å². The van der Waals surface area contributed by atoms with Gasteiger partial charge in [0, 0.05) is 16.7 Å². The molecule has 4 rings (SSSR count). The summed E-state index contributed by atoms with van der Waals surface area (Å²) in [5, 5.41) is 0. The van der Waals surface area contributed by atoms with E-state index in [4.69, 9.17) is 20.2 Å². The number of fused-ring (bicyclic) bond motifs is 2. The molecule has 5 nitrogen and oxygen atoms in total. The number of rotatable bonds is 3. The van der Waals surface area contributed by atoms with E-state index in [0.29, 0.717) is 22.8 Å². The minimum absolute atomic E-state index is 0.450. The Morgan fingerprint density at radius 1 is 1.00 bits per heavy atom. The van der Waals surface area contributed by atoms with Crippen molar-refractivity contribution < 1.29 is 14.3 Å². The predicted molar refractivity (Wildman–Crippen MR) is 99.8 cm³/mol. The van der Waals surface area contributed by atoms with E-state index in [1.807, 2.05) is 54.6 Å². The van der Waals surface area contributed by atoms with Gasteiger partial charge < -0.3 is 15.2 Å². The Hall–Kier alpha value is -3.60. The number of ether oxygens (including phenoxy) is 2. The molecule has 0 spiro atoms. The Morgan fingerprint density at radius 3 is 2.50 bits per heavy atom. The van der Waals surface area contributed by atoms with Crippen LogP contribution in [-0.4, -0.2) is 18.7 Å². The Labute approximate surface area is 150 Å². The normalized spacial score (nSPS) is 12.1. The van der Waals surface area contributed by atoms with E-state index >= 15 is 0 Å². The summed E-state index contributed by atoms with van der Waals surface area (Å²) in [5.41, 5.74) is 8.91. The standard InChI is InChI=1S/C21H16N2O3/c1-25-18-8-4-5-15-19(13-9-11-14(12-10-13)21(22)24)23-16-6-2-3-7-17(16)26-20(15)18/h2-12H,1H3,(H2,22,24). The minimum Gasteiger partial charge on any atom is -0.493 e. The van der Waals surface area contributed by atoms with Crippen molar-refractivity contribution in [1.82, 2.24) is 0 Å². The van der Waals surface area contributed by atoms with Crippen LogP contribution in [0.2, 0.25) is 0 Å². The molecule has 128 valence electrons.